The summed E-state index contributed by atoms with van der Waals surface area (Å²) < 4.78 is 5.61. The Balaban J connectivity index is 1.68. The van der Waals surface area contributed by atoms with Crippen LogP contribution in [0.5, 0.6) is 5.75 Å². The number of nitrogens with two attached hydrogens (primary N) is 1. The maximum absolute atomic E-state index is 12.3. The van der Waals surface area contributed by atoms with Crippen molar-refractivity contribution >= 4 is 28.2 Å². The van der Waals surface area contributed by atoms with E-state index in [1.54, 1.807) is 0 Å². The number of primary amides is 1. The van der Waals surface area contributed by atoms with Crippen molar-refractivity contribution in [3.8, 4) is 5.75 Å². The summed E-state index contributed by atoms with van der Waals surface area (Å²) >= 11 is 1.46. The first-order valence-corrected chi connectivity index (χ1v) is 9.74. The van der Waals surface area contributed by atoms with E-state index < -0.39 is 5.91 Å². The zero-order chi connectivity index (χ0) is 18.7. The Morgan fingerprint density at radius 1 is 1.27 bits per heavy atom. The van der Waals surface area contributed by atoms with Gasteiger partial charge in [-0.1, -0.05) is 26.0 Å². The van der Waals surface area contributed by atoms with Gasteiger partial charge in [0.2, 0.25) is 0 Å². The van der Waals surface area contributed by atoms with Gasteiger partial charge in [-0.25, -0.2) is 0 Å². The minimum Gasteiger partial charge on any atom is -0.484 e. The molecular weight excluding hydrogens is 348 g/mol. The molecule has 1 aliphatic carbocycles. The average molecular weight is 372 g/mol. The highest BCUT2D eigenvalue weighted by molar-refractivity contribution is 7.17. The van der Waals surface area contributed by atoms with Crippen LogP contribution in [0.3, 0.4) is 0 Å². The fourth-order valence-electron chi connectivity index (χ4n) is 3.19. The summed E-state index contributed by atoms with van der Waals surface area (Å²) in [5, 5.41) is 3.36. The zero-order valence-electron chi connectivity index (χ0n) is 15.1. The zero-order valence-corrected chi connectivity index (χ0v) is 15.9. The second-order valence-corrected chi connectivity index (χ2v) is 7.95. The topological polar surface area (TPSA) is 81.4 Å². The van der Waals surface area contributed by atoms with Crippen molar-refractivity contribution in [3.63, 3.8) is 0 Å². The molecule has 3 rings (SSSR count). The minimum atomic E-state index is -0.481. The third kappa shape index (κ3) is 4.07. The molecular formula is C20H24N2O3S. The van der Waals surface area contributed by atoms with E-state index in [9.17, 15) is 9.59 Å². The summed E-state index contributed by atoms with van der Waals surface area (Å²) in [6, 6.07) is 7.72. The molecule has 0 aliphatic heterocycles. The summed E-state index contributed by atoms with van der Waals surface area (Å²) in [5.41, 5.74) is 8.19. The van der Waals surface area contributed by atoms with Crippen LogP contribution in [0.1, 0.15) is 59.0 Å². The van der Waals surface area contributed by atoms with E-state index in [-0.39, 0.29) is 12.5 Å². The molecule has 3 N–H and O–H groups in total. The summed E-state index contributed by atoms with van der Waals surface area (Å²) in [5.74, 6) is 0.279. The molecule has 1 heterocycles. The molecule has 1 aromatic carbocycles. The fraction of sp³-hybridized carbons (Fsp3) is 0.400. The van der Waals surface area contributed by atoms with Crippen molar-refractivity contribution < 1.29 is 14.3 Å². The smallest absolute Gasteiger partial charge is 0.262 e. The molecule has 5 nitrogen and oxygen atoms in total. The number of nitrogens with one attached hydrogen (secondary N) is 1. The van der Waals surface area contributed by atoms with Gasteiger partial charge in [-0.15, -0.1) is 11.3 Å². The highest BCUT2D eigenvalue weighted by Gasteiger charge is 2.25. The van der Waals surface area contributed by atoms with Crippen molar-refractivity contribution in [1.82, 2.24) is 0 Å². The lowest BCUT2D eigenvalue weighted by Crippen LogP contribution is -2.22. The van der Waals surface area contributed by atoms with Gasteiger partial charge >= 0.3 is 0 Å². The highest BCUT2D eigenvalue weighted by Crippen LogP contribution is 2.37. The summed E-state index contributed by atoms with van der Waals surface area (Å²) in [4.78, 5) is 25.3. The van der Waals surface area contributed by atoms with Crippen LogP contribution in [0.4, 0.5) is 5.00 Å². The molecule has 0 saturated heterocycles. The number of ether oxygens (including phenoxy) is 1. The SMILES string of the molecule is CC(C)c1cccc(OCC(=O)Nc2sc3c(c2C(N)=O)CCCC3)c1. The molecule has 6 heteroatoms. The maximum atomic E-state index is 12.3. The Bertz CT molecular complexity index is 826. The number of thiophene rings is 1. The maximum Gasteiger partial charge on any atom is 0.262 e. The first-order chi connectivity index (χ1) is 12.5. The van der Waals surface area contributed by atoms with Gasteiger partial charge in [0.25, 0.3) is 11.8 Å². The van der Waals surface area contributed by atoms with Crippen LogP contribution in [0.2, 0.25) is 0 Å². The minimum absolute atomic E-state index is 0.109. The molecule has 0 unspecified atom stereocenters. The van der Waals surface area contributed by atoms with E-state index in [0.29, 0.717) is 22.2 Å². The number of rotatable bonds is 6. The van der Waals surface area contributed by atoms with E-state index in [0.717, 1.165) is 41.7 Å². The predicted octanol–water partition coefficient (Wildman–Crippen LogP) is 3.87. The Morgan fingerprint density at radius 2 is 2.04 bits per heavy atom. The van der Waals surface area contributed by atoms with Gasteiger partial charge < -0.3 is 15.8 Å². The van der Waals surface area contributed by atoms with Gasteiger partial charge in [0.1, 0.15) is 10.8 Å². The second-order valence-electron chi connectivity index (χ2n) is 6.84. The quantitative estimate of drug-likeness (QED) is 0.808. The van der Waals surface area contributed by atoms with E-state index in [2.05, 4.69) is 19.2 Å². The number of hydrogen-bond acceptors (Lipinski definition) is 4. The van der Waals surface area contributed by atoms with Gasteiger partial charge in [0.05, 0.1) is 5.56 Å². The summed E-state index contributed by atoms with van der Waals surface area (Å²) in [7, 11) is 0. The number of fused-ring (bicyclic) bond motifs is 1. The number of aryl methyl sites for hydroxylation is 1. The number of anilines is 1. The molecule has 1 aliphatic rings. The van der Waals surface area contributed by atoms with Crippen LogP contribution >= 0.6 is 11.3 Å². The molecule has 0 atom stereocenters. The predicted molar refractivity (Wildman–Crippen MR) is 104 cm³/mol. The first-order valence-electron chi connectivity index (χ1n) is 8.92. The van der Waals surface area contributed by atoms with Crippen LogP contribution in [0, 0.1) is 0 Å². The lowest BCUT2D eigenvalue weighted by atomic mass is 9.95. The van der Waals surface area contributed by atoms with Gasteiger partial charge in [0, 0.05) is 4.88 Å². The Labute approximate surface area is 157 Å². The van der Waals surface area contributed by atoms with E-state index in [4.69, 9.17) is 10.5 Å². The van der Waals surface area contributed by atoms with E-state index >= 15 is 0 Å². The Kier molecular flexibility index (Phi) is 5.61. The largest absolute Gasteiger partial charge is 0.484 e. The second kappa shape index (κ2) is 7.91. The number of hydrogen-bond donors (Lipinski definition) is 2. The average Bonchev–Trinajstić information content (AvgIpc) is 2.98. The fourth-order valence-corrected chi connectivity index (χ4v) is 4.50. The number of benzene rings is 1. The molecule has 2 aromatic rings. The summed E-state index contributed by atoms with van der Waals surface area (Å²) in [6.07, 6.45) is 3.94. The molecule has 2 amide bonds. The van der Waals surface area contributed by atoms with Crippen LogP contribution in [-0.4, -0.2) is 18.4 Å². The normalized spacial score (nSPS) is 13.3. The van der Waals surface area contributed by atoms with Crippen molar-refractivity contribution in [1.29, 1.82) is 0 Å². The van der Waals surface area contributed by atoms with Gasteiger partial charge in [-0.3, -0.25) is 9.59 Å². The first kappa shape index (κ1) is 18.5. The van der Waals surface area contributed by atoms with Crippen LogP contribution < -0.4 is 15.8 Å². The standard InChI is InChI=1S/C20H24N2O3S/c1-12(2)13-6-5-7-14(10-13)25-11-17(23)22-20-18(19(21)24)15-8-3-4-9-16(15)26-20/h5-7,10,12H,3-4,8-9,11H2,1-2H3,(H2,21,24)(H,22,23). The number of carbonyl (C=O) groups excluding carboxylic acids is 2. The van der Waals surface area contributed by atoms with Gasteiger partial charge in [-0.05, 0) is 54.9 Å². The molecule has 26 heavy (non-hydrogen) atoms. The highest BCUT2D eigenvalue weighted by atomic mass is 32.1. The van der Waals surface area contributed by atoms with Crippen molar-refractivity contribution in [2.45, 2.75) is 45.4 Å². The molecule has 0 saturated carbocycles. The number of amides is 2. The Morgan fingerprint density at radius 3 is 2.77 bits per heavy atom. The monoisotopic (exact) mass is 372 g/mol. The third-order valence-electron chi connectivity index (χ3n) is 4.57. The van der Waals surface area contributed by atoms with Gasteiger partial charge in [0.15, 0.2) is 6.61 Å². The van der Waals surface area contributed by atoms with Crippen LogP contribution in [-0.2, 0) is 17.6 Å². The van der Waals surface area contributed by atoms with Gasteiger partial charge in [-0.2, -0.15) is 0 Å². The molecule has 0 spiro atoms. The van der Waals surface area contributed by atoms with Crippen molar-refractivity contribution in [3.05, 3.63) is 45.8 Å². The lowest BCUT2D eigenvalue weighted by molar-refractivity contribution is -0.118. The van der Waals surface area contributed by atoms with Crippen molar-refractivity contribution in [2.75, 3.05) is 11.9 Å². The molecule has 1 aromatic heterocycles. The summed E-state index contributed by atoms with van der Waals surface area (Å²) in [6.45, 7) is 4.10. The lowest BCUT2D eigenvalue weighted by Gasteiger charge is -2.11. The Hall–Kier alpha value is -2.34. The van der Waals surface area contributed by atoms with Crippen molar-refractivity contribution in [2.24, 2.45) is 5.73 Å². The third-order valence-corrected chi connectivity index (χ3v) is 5.77. The van der Waals surface area contributed by atoms with E-state index in [1.807, 2.05) is 24.3 Å². The molecule has 0 fully saturated rings. The van der Waals surface area contributed by atoms with E-state index in [1.165, 1.54) is 11.3 Å². The number of carbonyl (C=O) groups is 2. The molecule has 138 valence electrons. The molecule has 0 radical (unpaired) electrons. The molecule has 0 bridgehead atoms. The van der Waals surface area contributed by atoms with Crippen LogP contribution in [0.15, 0.2) is 24.3 Å². The van der Waals surface area contributed by atoms with Crippen LogP contribution in [0.25, 0.3) is 0 Å².